The first kappa shape index (κ1) is 72.8. The normalized spacial score (nSPS) is 13.2. The van der Waals surface area contributed by atoms with E-state index in [1.165, 1.54) is 250 Å². The Morgan fingerprint density at radius 2 is 0.689 bits per heavy atom. The summed E-state index contributed by atoms with van der Waals surface area (Å²) in [7, 11) is 1.49. The van der Waals surface area contributed by atoms with Gasteiger partial charge in [-0.05, 0) is 38.5 Å². The van der Waals surface area contributed by atoms with E-state index in [4.69, 9.17) is 18.5 Å². The minimum absolute atomic E-state index is 0.0336. The molecule has 2 unspecified atom stereocenters. The lowest BCUT2D eigenvalue weighted by atomic mass is 10.0. The van der Waals surface area contributed by atoms with E-state index in [2.05, 4.69) is 26.0 Å². The molecule has 0 saturated heterocycles. The maximum atomic E-state index is 12.7. The Labute approximate surface area is 460 Å². The lowest BCUT2D eigenvalue weighted by molar-refractivity contribution is -0.870. The van der Waals surface area contributed by atoms with Gasteiger partial charge in [-0.2, -0.15) is 0 Å². The number of ether oxygens (including phenoxy) is 2. The predicted octanol–water partition coefficient (Wildman–Crippen LogP) is 20.4. The van der Waals surface area contributed by atoms with Crippen LogP contribution in [0.25, 0.3) is 0 Å². The summed E-state index contributed by atoms with van der Waals surface area (Å²) in [5, 5.41) is 0. The molecule has 74 heavy (non-hydrogen) atoms. The van der Waals surface area contributed by atoms with Crippen molar-refractivity contribution in [2.75, 3.05) is 47.5 Å². The first-order valence-corrected chi connectivity index (χ1v) is 33.9. The Bertz CT molecular complexity index is 1260. The highest BCUT2D eigenvalue weighted by Gasteiger charge is 2.27. The lowest BCUT2D eigenvalue weighted by Crippen LogP contribution is -2.37. The Morgan fingerprint density at radius 3 is 1.01 bits per heavy atom. The van der Waals surface area contributed by atoms with E-state index >= 15 is 0 Å². The number of unbranched alkanes of at least 4 members (excludes halogenated alkanes) is 45. The Morgan fingerprint density at radius 1 is 0.405 bits per heavy atom. The van der Waals surface area contributed by atoms with Crippen LogP contribution in [-0.2, 0) is 32.7 Å². The minimum Gasteiger partial charge on any atom is -0.462 e. The number of rotatable bonds is 61. The minimum atomic E-state index is -4.38. The highest BCUT2D eigenvalue weighted by molar-refractivity contribution is 7.47. The quantitative estimate of drug-likeness (QED) is 0.0211. The standard InChI is InChI=1S/C64H126NO8P/c1-6-8-10-12-14-16-18-20-21-22-23-24-25-26-27-28-29-30-31-32-33-34-35-36-37-38-39-40-41-42-43-45-46-48-50-52-54-56-63(66)70-60-62(61-72-74(68,69)71-59-58-65(3,4)5)73-64(67)57-55-53-51-49-47-44-19-17-15-13-11-9-7-2/h17,19,62H,6-16,18,20-61H2,1-5H3/p+1/b19-17-. The third-order valence-electron chi connectivity index (χ3n) is 14.8. The predicted molar refractivity (Wildman–Crippen MR) is 317 cm³/mol. The molecule has 0 bridgehead atoms. The van der Waals surface area contributed by atoms with Gasteiger partial charge in [0.1, 0.15) is 19.8 Å². The second-order valence-electron chi connectivity index (χ2n) is 23.5. The number of phosphoric acid groups is 1. The van der Waals surface area contributed by atoms with Crippen LogP contribution in [0.1, 0.15) is 335 Å². The SMILES string of the molecule is CCCCCC/C=C\CCCCCCCC(=O)OC(COC(=O)CCCCCCCCCCCCCCCCCCCCCCCCCCCCCCCCCCCCCCC)COP(=O)(O)OCC[N+](C)(C)C. The molecule has 0 rings (SSSR count). The van der Waals surface area contributed by atoms with Gasteiger partial charge in [0, 0.05) is 12.8 Å². The summed E-state index contributed by atoms with van der Waals surface area (Å²) >= 11 is 0. The molecular formula is C64H127NO8P+. The molecule has 1 N–H and O–H groups in total. The summed E-state index contributed by atoms with van der Waals surface area (Å²) in [5.41, 5.74) is 0. The van der Waals surface area contributed by atoms with E-state index in [0.29, 0.717) is 23.9 Å². The maximum Gasteiger partial charge on any atom is 0.472 e. The number of hydrogen-bond donors (Lipinski definition) is 1. The average molecular weight is 1070 g/mol. The van der Waals surface area contributed by atoms with Gasteiger partial charge in [-0.3, -0.25) is 18.6 Å². The molecule has 0 aliphatic rings. The summed E-state index contributed by atoms with van der Waals surface area (Å²) in [4.78, 5) is 35.6. The van der Waals surface area contributed by atoms with Gasteiger partial charge in [-0.25, -0.2) is 4.57 Å². The summed E-state index contributed by atoms with van der Waals surface area (Å²) in [6.07, 6.45) is 67.7. The van der Waals surface area contributed by atoms with Crippen LogP contribution >= 0.6 is 7.82 Å². The smallest absolute Gasteiger partial charge is 0.462 e. The molecular weight excluding hydrogens is 942 g/mol. The molecule has 0 aromatic carbocycles. The van der Waals surface area contributed by atoms with E-state index in [-0.39, 0.29) is 25.6 Å². The average Bonchev–Trinajstić information content (AvgIpc) is 3.36. The summed E-state index contributed by atoms with van der Waals surface area (Å²) in [6.45, 7) is 4.46. The fraction of sp³-hybridized carbons (Fsp3) is 0.938. The van der Waals surface area contributed by atoms with Crippen LogP contribution in [0.3, 0.4) is 0 Å². The van der Waals surface area contributed by atoms with Gasteiger partial charge in [0.15, 0.2) is 6.10 Å². The zero-order chi connectivity index (χ0) is 54.2. The van der Waals surface area contributed by atoms with Gasteiger partial charge < -0.3 is 18.9 Å². The number of hydrogen-bond acceptors (Lipinski definition) is 7. The topological polar surface area (TPSA) is 108 Å². The summed E-state index contributed by atoms with van der Waals surface area (Å²) in [6, 6.07) is 0. The van der Waals surface area contributed by atoms with Crippen molar-refractivity contribution in [3.63, 3.8) is 0 Å². The van der Waals surface area contributed by atoms with Gasteiger partial charge in [0.05, 0.1) is 27.7 Å². The second-order valence-corrected chi connectivity index (χ2v) is 25.0. The third kappa shape index (κ3) is 60.0. The summed E-state index contributed by atoms with van der Waals surface area (Å²) in [5.74, 6) is -0.790. The molecule has 0 aliphatic carbocycles. The van der Waals surface area contributed by atoms with Crippen LogP contribution in [0.4, 0.5) is 0 Å². The molecule has 0 fully saturated rings. The highest BCUT2D eigenvalue weighted by atomic mass is 31.2. The van der Waals surface area contributed by atoms with Gasteiger partial charge in [0.2, 0.25) is 0 Å². The summed E-state index contributed by atoms with van der Waals surface area (Å²) < 4.78 is 34.5. The number of allylic oxidation sites excluding steroid dienone is 2. The molecule has 440 valence electrons. The molecule has 0 saturated carbocycles. The van der Waals surface area contributed by atoms with Crippen molar-refractivity contribution < 1.29 is 42.1 Å². The van der Waals surface area contributed by atoms with Crippen LogP contribution in [0, 0.1) is 0 Å². The van der Waals surface area contributed by atoms with Crippen LogP contribution in [0.2, 0.25) is 0 Å². The molecule has 0 amide bonds. The number of phosphoric ester groups is 1. The van der Waals surface area contributed by atoms with Gasteiger partial charge in [0.25, 0.3) is 0 Å². The molecule has 0 aliphatic heterocycles. The first-order valence-electron chi connectivity index (χ1n) is 32.4. The van der Waals surface area contributed by atoms with Gasteiger partial charge in [-0.1, -0.05) is 296 Å². The van der Waals surface area contributed by atoms with E-state index < -0.39 is 26.5 Å². The van der Waals surface area contributed by atoms with Crippen LogP contribution in [-0.4, -0.2) is 74.9 Å². The zero-order valence-electron chi connectivity index (χ0n) is 50.1. The van der Waals surface area contributed by atoms with Crippen LogP contribution < -0.4 is 0 Å². The van der Waals surface area contributed by atoms with Crippen molar-refractivity contribution >= 4 is 19.8 Å². The molecule has 9 nitrogen and oxygen atoms in total. The van der Waals surface area contributed by atoms with Crippen molar-refractivity contribution in [2.45, 2.75) is 341 Å². The van der Waals surface area contributed by atoms with E-state index in [9.17, 15) is 19.0 Å². The fourth-order valence-corrected chi connectivity index (χ4v) is 10.5. The van der Waals surface area contributed by atoms with Crippen molar-refractivity contribution in [1.82, 2.24) is 0 Å². The Kier molecular flexibility index (Phi) is 55.5. The van der Waals surface area contributed by atoms with Crippen LogP contribution in [0.15, 0.2) is 12.2 Å². The largest absolute Gasteiger partial charge is 0.472 e. The molecule has 0 spiro atoms. The third-order valence-corrected chi connectivity index (χ3v) is 15.8. The Hall–Kier alpha value is -1.25. The second kappa shape index (κ2) is 56.5. The van der Waals surface area contributed by atoms with E-state index in [0.717, 1.165) is 51.4 Å². The van der Waals surface area contributed by atoms with Crippen molar-refractivity contribution in [3.8, 4) is 0 Å². The number of carbonyl (C=O) groups is 2. The zero-order valence-corrected chi connectivity index (χ0v) is 51.0. The van der Waals surface area contributed by atoms with Crippen molar-refractivity contribution in [3.05, 3.63) is 12.2 Å². The van der Waals surface area contributed by atoms with Crippen LogP contribution in [0.5, 0.6) is 0 Å². The molecule has 2 atom stereocenters. The molecule has 0 aromatic heterocycles. The number of nitrogens with zero attached hydrogens (tertiary/aromatic N) is 1. The number of quaternary nitrogens is 1. The van der Waals surface area contributed by atoms with Crippen molar-refractivity contribution in [2.24, 2.45) is 0 Å². The molecule has 0 heterocycles. The molecule has 0 aromatic rings. The highest BCUT2D eigenvalue weighted by Crippen LogP contribution is 2.43. The lowest BCUT2D eigenvalue weighted by Gasteiger charge is -2.24. The van der Waals surface area contributed by atoms with Gasteiger partial charge >= 0.3 is 19.8 Å². The molecule has 10 heteroatoms. The van der Waals surface area contributed by atoms with E-state index in [1.54, 1.807) is 0 Å². The van der Waals surface area contributed by atoms with Crippen molar-refractivity contribution in [1.29, 1.82) is 0 Å². The number of esters is 2. The molecule has 0 radical (unpaired) electrons. The Balaban J connectivity index is 3.83. The number of likely N-dealkylation sites (N-methyl/N-ethyl adjacent to an activating group) is 1. The fourth-order valence-electron chi connectivity index (χ4n) is 9.78. The van der Waals surface area contributed by atoms with Gasteiger partial charge in [-0.15, -0.1) is 0 Å². The van der Waals surface area contributed by atoms with E-state index in [1.807, 2.05) is 21.1 Å². The maximum absolute atomic E-state index is 12.7. The first-order chi connectivity index (χ1) is 36.0. The number of carbonyl (C=O) groups excluding carboxylic acids is 2. The monoisotopic (exact) mass is 1070 g/mol.